The minimum atomic E-state index is -0.663. The lowest BCUT2D eigenvalue weighted by Crippen LogP contribution is -2.65. The third-order valence-electron chi connectivity index (χ3n) is 2.70. The molecule has 2 bridgehead atoms. The predicted molar refractivity (Wildman–Crippen MR) is 35.7 cm³/mol. The van der Waals surface area contributed by atoms with Crippen LogP contribution in [0.25, 0.3) is 0 Å². The molecule has 2 heterocycles. The van der Waals surface area contributed by atoms with Crippen LogP contribution < -0.4 is 5.32 Å². The van der Waals surface area contributed by atoms with Crippen LogP contribution in [0.2, 0.25) is 0 Å². The van der Waals surface area contributed by atoms with Gasteiger partial charge in [-0.05, 0) is 31.7 Å². The van der Waals surface area contributed by atoms with E-state index in [1.807, 2.05) is 0 Å². The molecule has 3 fully saturated rings. The van der Waals surface area contributed by atoms with E-state index < -0.39 is 11.5 Å². The fourth-order valence-corrected chi connectivity index (χ4v) is 2.04. The van der Waals surface area contributed by atoms with Crippen molar-refractivity contribution in [3.05, 3.63) is 0 Å². The molecule has 0 aromatic heterocycles. The van der Waals surface area contributed by atoms with Gasteiger partial charge in [-0.3, -0.25) is 4.79 Å². The van der Waals surface area contributed by atoms with Gasteiger partial charge >= 0.3 is 5.97 Å². The zero-order valence-electron chi connectivity index (χ0n) is 5.76. The Bertz CT molecular complexity index is 167. The van der Waals surface area contributed by atoms with E-state index in [-0.39, 0.29) is 0 Å². The van der Waals surface area contributed by atoms with Gasteiger partial charge in [0.2, 0.25) is 0 Å². The van der Waals surface area contributed by atoms with Crippen LogP contribution in [0.3, 0.4) is 0 Å². The highest BCUT2D eigenvalue weighted by Crippen LogP contribution is 2.43. The number of rotatable bonds is 1. The number of aliphatic carboxylic acids is 1. The summed E-state index contributed by atoms with van der Waals surface area (Å²) in [6, 6.07) is 0. The van der Waals surface area contributed by atoms with Crippen molar-refractivity contribution in [1.29, 1.82) is 0 Å². The number of nitrogens with one attached hydrogen (secondary N) is 1. The SMILES string of the molecule is O=C(O)C12CC(CCN1)C2. The number of hydrogen-bond donors (Lipinski definition) is 2. The molecule has 0 amide bonds. The first-order valence-electron chi connectivity index (χ1n) is 3.71. The van der Waals surface area contributed by atoms with E-state index in [0.29, 0.717) is 5.92 Å². The van der Waals surface area contributed by atoms with Crippen molar-refractivity contribution in [2.45, 2.75) is 24.8 Å². The predicted octanol–water partition coefficient (Wildman–Crippen LogP) is 0.213. The van der Waals surface area contributed by atoms with E-state index in [4.69, 9.17) is 5.11 Å². The fraction of sp³-hybridized carbons (Fsp3) is 0.857. The molecular weight excluding hydrogens is 130 g/mol. The van der Waals surface area contributed by atoms with Gasteiger partial charge in [-0.2, -0.15) is 0 Å². The Morgan fingerprint density at radius 1 is 1.60 bits per heavy atom. The minimum absolute atomic E-state index is 0.511. The van der Waals surface area contributed by atoms with Gasteiger partial charge in [-0.1, -0.05) is 0 Å². The first-order valence-corrected chi connectivity index (χ1v) is 3.71. The summed E-state index contributed by atoms with van der Waals surface area (Å²) in [5, 5.41) is 11.8. The number of carbonyl (C=O) groups is 1. The molecule has 56 valence electrons. The quantitative estimate of drug-likeness (QED) is 0.549. The lowest BCUT2D eigenvalue weighted by Gasteiger charge is -2.49. The smallest absolute Gasteiger partial charge is 0.323 e. The van der Waals surface area contributed by atoms with Gasteiger partial charge in [0, 0.05) is 0 Å². The van der Waals surface area contributed by atoms with Crippen molar-refractivity contribution in [3.63, 3.8) is 0 Å². The number of fused-ring (bicyclic) bond motifs is 2. The third kappa shape index (κ3) is 0.611. The monoisotopic (exact) mass is 141 g/mol. The van der Waals surface area contributed by atoms with Gasteiger partial charge in [0.25, 0.3) is 0 Å². The average Bonchev–Trinajstić information content (AvgIpc) is 1.87. The summed E-state index contributed by atoms with van der Waals surface area (Å²) in [6.45, 7) is 0.886. The summed E-state index contributed by atoms with van der Waals surface area (Å²) in [7, 11) is 0. The summed E-state index contributed by atoms with van der Waals surface area (Å²) in [6.07, 6.45) is 2.86. The maximum absolute atomic E-state index is 10.7. The van der Waals surface area contributed by atoms with Crippen LogP contribution in [0.4, 0.5) is 0 Å². The first kappa shape index (κ1) is 6.16. The Morgan fingerprint density at radius 2 is 2.30 bits per heavy atom. The Morgan fingerprint density at radius 3 is 2.60 bits per heavy atom. The Kier molecular flexibility index (Phi) is 1.06. The number of carboxylic acid groups (broad SMARTS) is 1. The molecule has 0 aromatic rings. The van der Waals surface area contributed by atoms with Crippen LogP contribution in [0, 0.1) is 5.92 Å². The normalized spacial score (nSPS) is 44.2. The highest BCUT2D eigenvalue weighted by Gasteiger charge is 2.52. The van der Waals surface area contributed by atoms with Crippen LogP contribution >= 0.6 is 0 Å². The highest BCUT2D eigenvalue weighted by atomic mass is 16.4. The van der Waals surface area contributed by atoms with Gasteiger partial charge in [0.15, 0.2) is 0 Å². The zero-order valence-corrected chi connectivity index (χ0v) is 5.76. The molecule has 0 unspecified atom stereocenters. The molecule has 1 aliphatic carbocycles. The topological polar surface area (TPSA) is 49.3 Å². The maximum atomic E-state index is 10.7. The minimum Gasteiger partial charge on any atom is -0.480 e. The average molecular weight is 141 g/mol. The molecule has 3 aliphatic rings. The second-order valence-corrected chi connectivity index (χ2v) is 3.38. The highest BCUT2D eigenvalue weighted by molar-refractivity contribution is 5.80. The first-order chi connectivity index (χ1) is 4.73. The van der Waals surface area contributed by atoms with Crippen molar-refractivity contribution in [1.82, 2.24) is 5.32 Å². The lowest BCUT2D eigenvalue weighted by atomic mass is 9.64. The van der Waals surface area contributed by atoms with E-state index in [9.17, 15) is 4.79 Å². The van der Waals surface area contributed by atoms with Crippen molar-refractivity contribution in [2.24, 2.45) is 5.92 Å². The molecule has 3 nitrogen and oxygen atoms in total. The second-order valence-electron chi connectivity index (χ2n) is 3.38. The number of hydrogen-bond acceptors (Lipinski definition) is 2. The van der Waals surface area contributed by atoms with E-state index in [0.717, 1.165) is 25.8 Å². The van der Waals surface area contributed by atoms with E-state index in [1.165, 1.54) is 0 Å². The Labute approximate surface area is 59.4 Å². The maximum Gasteiger partial charge on any atom is 0.323 e. The summed E-state index contributed by atoms with van der Waals surface area (Å²) < 4.78 is 0. The molecule has 0 spiro atoms. The molecule has 2 N–H and O–H groups in total. The third-order valence-corrected chi connectivity index (χ3v) is 2.70. The van der Waals surface area contributed by atoms with Crippen LogP contribution in [0.5, 0.6) is 0 Å². The van der Waals surface area contributed by atoms with Crippen LogP contribution in [0.15, 0.2) is 0 Å². The molecule has 0 radical (unpaired) electrons. The molecule has 3 rings (SSSR count). The molecular formula is C7H11NO2. The van der Waals surface area contributed by atoms with Gasteiger partial charge in [0.05, 0.1) is 0 Å². The van der Waals surface area contributed by atoms with E-state index in [2.05, 4.69) is 5.32 Å². The summed E-state index contributed by atoms with van der Waals surface area (Å²) >= 11 is 0. The van der Waals surface area contributed by atoms with Crippen molar-refractivity contribution >= 4 is 5.97 Å². The summed E-state index contributed by atoms with van der Waals surface area (Å²) in [4.78, 5) is 10.7. The fourth-order valence-electron chi connectivity index (χ4n) is 2.04. The van der Waals surface area contributed by atoms with Crippen LogP contribution in [-0.4, -0.2) is 23.2 Å². The zero-order chi connectivity index (χ0) is 7.19. The van der Waals surface area contributed by atoms with E-state index >= 15 is 0 Å². The van der Waals surface area contributed by atoms with Crippen LogP contribution in [0.1, 0.15) is 19.3 Å². The van der Waals surface area contributed by atoms with Gasteiger partial charge in [0.1, 0.15) is 5.54 Å². The molecule has 0 atom stereocenters. The Balaban J connectivity index is 2.12. The molecule has 2 aliphatic heterocycles. The standard InChI is InChI=1S/C7H11NO2/c9-6(10)7-3-5(4-7)1-2-8-7/h5,8H,1-4H2,(H,9,10). The molecule has 3 heteroatoms. The van der Waals surface area contributed by atoms with E-state index in [1.54, 1.807) is 0 Å². The van der Waals surface area contributed by atoms with Gasteiger partial charge in [-0.15, -0.1) is 0 Å². The number of piperidine rings is 2. The van der Waals surface area contributed by atoms with Crippen molar-refractivity contribution in [2.75, 3.05) is 6.54 Å². The summed E-state index contributed by atoms with van der Waals surface area (Å²) in [5.41, 5.74) is -0.511. The second kappa shape index (κ2) is 1.72. The lowest BCUT2D eigenvalue weighted by molar-refractivity contribution is -0.154. The molecule has 10 heavy (non-hydrogen) atoms. The molecule has 1 saturated carbocycles. The largest absolute Gasteiger partial charge is 0.480 e. The van der Waals surface area contributed by atoms with Crippen molar-refractivity contribution < 1.29 is 9.90 Å². The van der Waals surface area contributed by atoms with Crippen molar-refractivity contribution in [3.8, 4) is 0 Å². The molecule has 2 saturated heterocycles. The molecule has 0 aromatic carbocycles. The summed E-state index contributed by atoms with van der Waals surface area (Å²) in [5.74, 6) is 0.0285. The number of carboxylic acids is 1. The van der Waals surface area contributed by atoms with Gasteiger partial charge < -0.3 is 10.4 Å². The van der Waals surface area contributed by atoms with Crippen LogP contribution in [-0.2, 0) is 4.79 Å². The Hall–Kier alpha value is -0.570. The van der Waals surface area contributed by atoms with Gasteiger partial charge in [-0.25, -0.2) is 0 Å².